The molecule has 0 heterocycles. The second-order valence-corrected chi connectivity index (χ2v) is 2.74. The number of carbonyl (C=O) groups is 3. The van der Waals surface area contributed by atoms with Crippen molar-refractivity contribution in [2.45, 2.75) is 20.3 Å². The van der Waals surface area contributed by atoms with E-state index in [4.69, 9.17) is 24.9 Å². The summed E-state index contributed by atoms with van der Waals surface area (Å²) < 4.78 is 0. The Kier molecular flexibility index (Phi) is 16.9. The molecule has 0 spiro atoms. The Hall–Kier alpha value is -2.47. The second kappa shape index (κ2) is 14.5. The third-order valence-corrected chi connectivity index (χ3v) is 1.40. The standard InChI is InChI=1S/C5H10O2.C4H4O4.CO2/c1-3-4(2)5(6)7;5-3(6)1-2-4(7)8;2-1-3/h4H,3H2,1-2H3,(H,6,7);1-2H,(H,5,6)(H,7,8);/b;2-1-;. The smallest absolute Gasteiger partial charge is 0.373 e. The molecule has 8 heteroatoms. The number of aliphatic carboxylic acids is 3. The van der Waals surface area contributed by atoms with E-state index in [0.717, 1.165) is 6.42 Å². The van der Waals surface area contributed by atoms with Gasteiger partial charge in [0.05, 0.1) is 5.92 Å². The lowest BCUT2D eigenvalue weighted by atomic mass is 10.1. The quantitative estimate of drug-likeness (QED) is 0.610. The molecular weight excluding hydrogens is 248 g/mol. The van der Waals surface area contributed by atoms with Crippen molar-refractivity contribution in [1.82, 2.24) is 0 Å². The van der Waals surface area contributed by atoms with Crippen LogP contribution in [0.1, 0.15) is 20.3 Å². The number of carbonyl (C=O) groups excluding carboxylic acids is 2. The lowest BCUT2D eigenvalue weighted by Gasteiger charge is -1.96. The molecule has 0 aromatic rings. The van der Waals surface area contributed by atoms with E-state index in [1.54, 1.807) is 6.92 Å². The molecule has 0 radical (unpaired) electrons. The maximum absolute atomic E-state index is 9.93. The van der Waals surface area contributed by atoms with Gasteiger partial charge in [0.25, 0.3) is 0 Å². The Bertz CT molecular complexity index is 309. The first kappa shape index (κ1) is 20.9. The molecule has 102 valence electrons. The normalized spacial score (nSPS) is 9.89. The van der Waals surface area contributed by atoms with Crippen LogP contribution in [0.3, 0.4) is 0 Å². The Labute approximate surface area is 103 Å². The molecule has 18 heavy (non-hydrogen) atoms. The van der Waals surface area contributed by atoms with Gasteiger partial charge in [-0.3, -0.25) is 4.79 Å². The summed E-state index contributed by atoms with van der Waals surface area (Å²) in [5, 5.41) is 23.8. The molecule has 0 amide bonds. The molecule has 1 unspecified atom stereocenters. The highest BCUT2D eigenvalue weighted by Crippen LogP contribution is 1.97. The minimum absolute atomic E-state index is 0.181. The maximum Gasteiger partial charge on any atom is 0.373 e. The summed E-state index contributed by atoms with van der Waals surface area (Å²) in [6.45, 7) is 3.56. The molecule has 8 nitrogen and oxygen atoms in total. The first-order valence-corrected chi connectivity index (χ1v) is 4.58. The number of rotatable bonds is 4. The molecular formula is C10H14O8. The summed E-state index contributed by atoms with van der Waals surface area (Å²) in [5.74, 6) is -3.40. The zero-order valence-corrected chi connectivity index (χ0v) is 9.82. The van der Waals surface area contributed by atoms with Crippen LogP contribution in [0.2, 0.25) is 0 Å². The minimum Gasteiger partial charge on any atom is -0.481 e. The molecule has 0 aliphatic carbocycles. The van der Waals surface area contributed by atoms with Crippen molar-refractivity contribution in [3.8, 4) is 0 Å². The fourth-order valence-electron chi connectivity index (χ4n) is 0.317. The first-order valence-electron chi connectivity index (χ1n) is 4.58. The largest absolute Gasteiger partial charge is 0.481 e. The van der Waals surface area contributed by atoms with Crippen molar-refractivity contribution >= 4 is 24.1 Å². The highest BCUT2D eigenvalue weighted by molar-refractivity contribution is 5.89. The molecule has 0 saturated carbocycles. The van der Waals surface area contributed by atoms with Crippen LogP contribution in [0.5, 0.6) is 0 Å². The predicted molar refractivity (Wildman–Crippen MR) is 56.5 cm³/mol. The van der Waals surface area contributed by atoms with E-state index >= 15 is 0 Å². The van der Waals surface area contributed by atoms with Gasteiger partial charge in [-0.05, 0) is 6.42 Å². The van der Waals surface area contributed by atoms with Crippen LogP contribution >= 0.6 is 0 Å². The summed E-state index contributed by atoms with van der Waals surface area (Å²) in [6.07, 6.45) is 2.08. The van der Waals surface area contributed by atoms with Gasteiger partial charge in [0.1, 0.15) is 0 Å². The lowest BCUT2D eigenvalue weighted by molar-refractivity contribution is -0.191. The molecule has 0 saturated heterocycles. The topological polar surface area (TPSA) is 146 Å². The average Bonchev–Trinajstić information content (AvgIpc) is 2.27. The molecule has 0 aromatic heterocycles. The van der Waals surface area contributed by atoms with Gasteiger partial charge >= 0.3 is 24.1 Å². The highest BCUT2D eigenvalue weighted by Gasteiger charge is 2.05. The van der Waals surface area contributed by atoms with E-state index in [1.165, 1.54) is 0 Å². The summed E-state index contributed by atoms with van der Waals surface area (Å²) in [6, 6.07) is 0. The van der Waals surface area contributed by atoms with Gasteiger partial charge in [0.2, 0.25) is 0 Å². The van der Waals surface area contributed by atoms with Gasteiger partial charge in [-0.15, -0.1) is 0 Å². The number of carboxylic acid groups (broad SMARTS) is 3. The monoisotopic (exact) mass is 262 g/mol. The Balaban J connectivity index is -0.000000207. The molecule has 0 bridgehead atoms. The maximum atomic E-state index is 9.93. The highest BCUT2D eigenvalue weighted by atomic mass is 16.4. The average molecular weight is 262 g/mol. The SMILES string of the molecule is CCC(C)C(=O)O.O=C(O)/C=C\C(=O)O.O=C=O. The van der Waals surface area contributed by atoms with E-state index in [0.29, 0.717) is 12.2 Å². The van der Waals surface area contributed by atoms with Crippen molar-refractivity contribution in [2.75, 3.05) is 0 Å². The Morgan fingerprint density at radius 2 is 1.33 bits per heavy atom. The van der Waals surface area contributed by atoms with Crippen molar-refractivity contribution in [3.05, 3.63) is 12.2 Å². The number of hydrogen-bond acceptors (Lipinski definition) is 5. The van der Waals surface area contributed by atoms with Crippen LogP contribution in [0.15, 0.2) is 12.2 Å². The second-order valence-electron chi connectivity index (χ2n) is 2.74. The fraction of sp³-hybridized carbons (Fsp3) is 0.400. The van der Waals surface area contributed by atoms with Crippen LogP contribution in [-0.4, -0.2) is 39.4 Å². The first-order chi connectivity index (χ1) is 8.22. The van der Waals surface area contributed by atoms with E-state index in [9.17, 15) is 14.4 Å². The summed E-state index contributed by atoms with van der Waals surface area (Å²) in [7, 11) is 0. The van der Waals surface area contributed by atoms with Crippen LogP contribution in [-0.2, 0) is 24.0 Å². The van der Waals surface area contributed by atoms with Gasteiger partial charge in [-0.25, -0.2) is 9.59 Å². The predicted octanol–water partition coefficient (Wildman–Crippen LogP) is 0.245. The molecule has 0 aliphatic heterocycles. The minimum atomic E-state index is -1.26. The summed E-state index contributed by atoms with van der Waals surface area (Å²) >= 11 is 0. The molecule has 1 atom stereocenters. The van der Waals surface area contributed by atoms with Crippen LogP contribution < -0.4 is 0 Å². The fourth-order valence-corrected chi connectivity index (χ4v) is 0.317. The van der Waals surface area contributed by atoms with Crippen LogP contribution in [0.4, 0.5) is 0 Å². The van der Waals surface area contributed by atoms with Crippen LogP contribution in [0, 0.1) is 5.92 Å². The molecule has 3 N–H and O–H groups in total. The van der Waals surface area contributed by atoms with Crippen molar-refractivity contribution in [1.29, 1.82) is 0 Å². The molecule has 0 aromatic carbocycles. The van der Waals surface area contributed by atoms with Crippen molar-refractivity contribution in [2.24, 2.45) is 5.92 Å². The van der Waals surface area contributed by atoms with Gasteiger partial charge < -0.3 is 15.3 Å². The zero-order chi connectivity index (χ0) is 15.1. The van der Waals surface area contributed by atoms with Gasteiger partial charge in [0, 0.05) is 12.2 Å². The third-order valence-electron chi connectivity index (χ3n) is 1.40. The van der Waals surface area contributed by atoms with Crippen molar-refractivity contribution in [3.63, 3.8) is 0 Å². The number of hydrogen-bond donors (Lipinski definition) is 3. The molecule has 0 fully saturated rings. The molecule has 0 rings (SSSR count). The Morgan fingerprint density at radius 3 is 1.39 bits per heavy atom. The Morgan fingerprint density at radius 1 is 1.06 bits per heavy atom. The van der Waals surface area contributed by atoms with Gasteiger partial charge in [-0.1, -0.05) is 13.8 Å². The zero-order valence-electron chi connectivity index (χ0n) is 9.82. The van der Waals surface area contributed by atoms with Crippen molar-refractivity contribution < 1.29 is 39.3 Å². The van der Waals surface area contributed by atoms with E-state index in [2.05, 4.69) is 0 Å². The van der Waals surface area contributed by atoms with E-state index in [-0.39, 0.29) is 12.1 Å². The lowest BCUT2D eigenvalue weighted by Crippen LogP contribution is -2.06. The van der Waals surface area contributed by atoms with Crippen LogP contribution in [0.25, 0.3) is 0 Å². The summed E-state index contributed by atoms with van der Waals surface area (Å²) in [4.78, 5) is 45.3. The summed E-state index contributed by atoms with van der Waals surface area (Å²) in [5.41, 5.74) is 0. The van der Waals surface area contributed by atoms with E-state index < -0.39 is 17.9 Å². The van der Waals surface area contributed by atoms with Gasteiger partial charge in [0.15, 0.2) is 0 Å². The third kappa shape index (κ3) is 29.2. The molecule has 0 aliphatic rings. The number of carboxylic acids is 3. The van der Waals surface area contributed by atoms with Gasteiger partial charge in [-0.2, -0.15) is 9.59 Å². The van der Waals surface area contributed by atoms with E-state index in [1.807, 2.05) is 6.92 Å².